The van der Waals surface area contributed by atoms with E-state index in [4.69, 9.17) is 4.98 Å². The Bertz CT molecular complexity index is 1090. The maximum atomic E-state index is 11.7. The van der Waals surface area contributed by atoms with Gasteiger partial charge in [-0.05, 0) is 99.7 Å². The molecule has 0 spiro atoms. The number of hydrogen-bond donors (Lipinski definition) is 2. The van der Waals surface area contributed by atoms with E-state index in [1.54, 1.807) is 0 Å². The lowest BCUT2D eigenvalue weighted by molar-refractivity contribution is 0.150. The first-order chi connectivity index (χ1) is 17.6. The molecule has 2 aliphatic heterocycles. The molecule has 196 valence electrons. The van der Waals surface area contributed by atoms with Crippen molar-refractivity contribution in [3.05, 3.63) is 65.0 Å². The minimum Gasteiger partial charge on any atom is -0.316 e. The topological polar surface area (TPSA) is 74.3 Å². The number of sulfone groups is 1. The number of nitrogens with one attached hydrogen (secondary N) is 2. The van der Waals surface area contributed by atoms with E-state index in [1.807, 2.05) is 6.20 Å². The van der Waals surface area contributed by atoms with Gasteiger partial charge in [-0.1, -0.05) is 30.3 Å². The van der Waals surface area contributed by atoms with Gasteiger partial charge in [0.25, 0.3) is 0 Å². The summed E-state index contributed by atoms with van der Waals surface area (Å²) in [7, 11) is -2.77. The van der Waals surface area contributed by atoms with Gasteiger partial charge in [-0.15, -0.1) is 0 Å². The monoisotopic (exact) mass is 510 g/mol. The normalized spacial score (nSPS) is 23.8. The van der Waals surface area contributed by atoms with Gasteiger partial charge in [-0.25, -0.2) is 8.42 Å². The minimum absolute atomic E-state index is 0.366. The average molecular weight is 511 g/mol. The summed E-state index contributed by atoms with van der Waals surface area (Å²) < 4.78 is 23.3. The van der Waals surface area contributed by atoms with Crippen molar-refractivity contribution >= 4 is 9.84 Å². The molecule has 0 unspecified atom stereocenters. The summed E-state index contributed by atoms with van der Waals surface area (Å²) in [6.45, 7) is 5.06. The molecule has 0 radical (unpaired) electrons. The summed E-state index contributed by atoms with van der Waals surface area (Å²) in [6, 6.07) is 14.1. The fourth-order valence-corrected chi connectivity index (χ4v) is 7.85. The van der Waals surface area contributed by atoms with Crippen molar-refractivity contribution < 1.29 is 8.42 Å². The Kier molecular flexibility index (Phi) is 8.73. The molecule has 5 rings (SSSR count). The predicted octanol–water partition coefficient (Wildman–Crippen LogP) is 3.67. The van der Waals surface area contributed by atoms with Gasteiger partial charge in [0.05, 0.1) is 23.2 Å². The van der Waals surface area contributed by atoms with Crippen LogP contribution < -0.4 is 10.6 Å². The number of aromatic nitrogens is 1. The van der Waals surface area contributed by atoms with Crippen LogP contribution in [0.1, 0.15) is 67.0 Å². The smallest absolute Gasteiger partial charge is 0.150 e. The van der Waals surface area contributed by atoms with Crippen LogP contribution in [0.3, 0.4) is 0 Å². The van der Waals surface area contributed by atoms with Crippen molar-refractivity contribution in [2.75, 3.05) is 37.7 Å². The summed E-state index contributed by atoms with van der Waals surface area (Å²) in [5.74, 6) is 1.24. The number of fused-ring (bicyclic) bond motifs is 2. The zero-order chi connectivity index (χ0) is 24.8. The molecule has 36 heavy (non-hydrogen) atoms. The molecule has 3 heterocycles. The number of nitrogens with zero attached hydrogens (tertiary/aromatic N) is 2. The molecule has 0 amide bonds. The molecular formula is C29H42N4O2S. The van der Waals surface area contributed by atoms with Gasteiger partial charge in [0.1, 0.15) is 9.84 Å². The highest BCUT2D eigenvalue weighted by Crippen LogP contribution is 2.33. The lowest BCUT2D eigenvalue weighted by Gasteiger charge is -2.38. The Morgan fingerprint density at radius 2 is 1.81 bits per heavy atom. The van der Waals surface area contributed by atoms with E-state index in [1.165, 1.54) is 35.2 Å². The number of unbranched alkanes of at least 4 members (excludes halogenated alkanes) is 1. The van der Waals surface area contributed by atoms with Crippen LogP contribution in [0.5, 0.6) is 0 Å². The largest absolute Gasteiger partial charge is 0.316 e. The first kappa shape index (κ1) is 25.8. The van der Waals surface area contributed by atoms with E-state index < -0.39 is 9.84 Å². The van der Waals surface area contributed by atoms with E-state index in [9.17, 15) is 8.42 Å². The van der Waals surface area contributed by atoms with Crippen molar-refractivity contribution in [2.24, 2.45) is 5.92 Å². The van der Waals surface area contributed by atoms with E-state index in [2.05, 4.69) is 51.9 Å². The SMILES string of the molecule is O=S1(=O)CCC(CNCCCCN(C[C@H]2Cc3ccccc3CN2)[C@H]2CCCc3cccnc32)CC1. The molecule has 2 N–H and O–H groups in total. The molecule has 1 aromatic heterocycles. The van der Waals surface area contributed by atoms with Crippen LogP contribution in [-0.4, -0.2) is 62.0 Å². The van der Waals surface area contributed by atoms with Gasteiger partial charge in [0, 0.05) is 25.3 Å². The molecule has 2 aromatic rings. The number of aryl methyl sites for hydroxylation is 1. The molecule has 1 aromatic carbocycles. The molecule has 6 nitrogen and oxygen atoms in total. The Hall–Kier alpha value is -1.80. The fraction of sp³-hybridized carbons (Fsp3) is 0.621. The van der Waals surface area contributed by atoms with Gasteiger partial charge in [0.2, 0.25) is 0 Å². The van der Waals surface area contributed by atoms with Crippen molar-refractivity contribution in [1.82, 2.24) is 20.5 Å². The summed E-state index contributed by atoms with van der Waals surface area (Å²) in [5.41, 5.74) is 5.65. The Morgan fingerprint density at radius 3 is 2.67 bits per heavy atom. The third-order valence-electron chi connectivity index (χ3n) is 8.38. The van der Waals surface area contributed by atoms with E-state index >= 15 is 0 Å². The molecule has 0 saturated carbocycles. The maximum absolute atomic E-state index is 11.7. The zero-order valence-corrected chi connectivity index (χ0v) is 22.3. The van der Waals surface area contributed by atoms with Gasteiger partial charge >= 0.3 is 0 Å². The van der Waals surface area contributed by atoms with Crippen LogP contribution in [0.25, 0.3) is 0 Å². The van der Waals surface area contributed by atoms with Crippen molar-refractivity contribution in [1.29, 1.82) is 0 Å². The molecule has 2 atom stereocenters. The molecule has 1 aliphatic carbocycles. The lowest BCUT2D eigenvalue weighted by atomic mass is 9.89. The Labute approximate surface area is 217 Å². The third kappa shape index (κ3) is 6.74. The van der Waals surface area contributed by atoms with Crippen molar-refractivity contribution in [3.63, 3.8) is 0 Å². The second-order valence-electron chi connectivity index (χ2n) is 11.0. The zero-order valence-electron chi connectivity index (χ0n) is 21.5. The first-order valence-electron chi connectivity index (χ1n) is 14.0. The summed E-state index contributed by atoms with van der Waals surface area (Å²) >= 11 is 0. The number of rotatable bonds is 10. The Morgan fingerprint density at radius 1 is 1.00 bits per heavy atom. The van der Waals surface area contributed by atoms with Crippen LogP contribution >= 0.6 is 0 Å². The standard InChI is InChI=1S/C29H42N4O2S/c34-36(35)17-12-23(13-18-36)20-30-14-3-4-16-33(28-11-5-9-24-10-6-15-31-29(24)28)22-27-19-25-7-1-2-8-26(25)21-32-27/h1-2,6-8,10,15,23,27-28,30,32H,3-5,9,11-14,16-22H2/t27-,28+/m1/s1. The second-order valence-corrected chi connectivity index (χ2v) is 13.3. The van der Waals surface area contributed by atoms with Gasteiger partial charge in [-0.2, -0.15) is 0 Å². The van der Waals surface area contributed by atoms with Gasteiger partial charge in [-0.3, -0.25) is 9.88 Å². The van der Waals surface area contributed by atoms with Crippen molar-refractivity contribution in [3.8, 4) is 0 Å². The highest BCUT2D eigenvalue weighted by Gasteiger charge is 2.30. The van der Waals surface area contributed by atoms with Crippen LogP contribution in [0.4, 0.5) is 0 Å². The summed E-state index contributed by atoms with van der Waals surface area (Å²) in [4.78, 5) is 7.56. The average Bonchev–Trinajstić information content (AvgIpc) is 2.90. The molecule has 1 saturated heterocycles. The Balaban J connectivity index is 1.15. The van der Waals surface area contributed by atoms with E-state index in [0.717, 1.165) is 71.2 Å². The van der Waals surface area contributed by atoms with Crippen LogP contribution in [-0.2, 0) is 29.2 Å². The minimum atomic E-state index is -2.77. The molecule has 7 heteroatoms. The van der Waals surface area contributed by atoms with Crippen LogP contribution in [0, 0.1) is 5.92 Å². The quantitative estimate of drug-likeness (QED) is 0.475. The molecular weight excluding hydrogens is 468 g/mol. The molecule has 3 aliphatic rings. The fourth-order valence-electron chi connectivity index (χ4n) is 6.26. The van der Waals surface area contributed by atoms with E-state index in [0.29, 0.717) is 29.5 Å². The van der Waals surface area contributed by atoms with Crippen LogP contribution in [0.2, 0.25) is 0 Å². The number of benzene rings is 1. The summed E-state index contributed by atoms with van der Waals surface area (Å²) in [5, 5.41) is 7.41. The van der Waals surface area contributed by atoms with Crippen molar-refractivity contribution in [2.45, 2.75) is 70.0 Å². The third-order valence-corrected chi connectivity index (χ3v) is 10.1. The number of hydrogen-bond acceptors (Lipinski definition) is 6. The number of pyridine rings is 1. The first-order valence-corrected chi connectivity index (χ1v) is 15.8. The van der Waals surface area contributed by atoms with Gasteiger partial charge in [0.15, 0.2) is 0 Å². The lowest BCUT2D eigenvalue weighted by Crippen LogP contribution is -2.46. The molecule has 1 fully saturated rings. The van der Waals surface area contributed by atoms with Gasteiger partial charge < -0.3 is 10.6 Å². The highest BCUT2D eigenvalue weighted by atomic mass is 32.2. The highest BCUT2D eigenvalue weighted by molar-refractivity contribution is 7.91. The summed E-state index contributed by atoms with van der Waals surface area (Å²) in [6.07, 6.45) is 10.6. The predicted molar refractivity (Wildman–Crippen MR) is 146 cm³/mol. The second kappa shape index (κ2) is 12.2. The van der Waals surface area contributed by atoms with Crippen LogP contribution in [0.15, 0.2) is 42.6 Å². The molecule has 0 bridgehead atoms. The van der Waals surface area contributed by atoms with E-state index in [-0.39, 0.29) is 0 Å². The maximum Gasteiger partial charge on any atom is 0.150 e.